The Morgan fingerprint density at radius 3 is 2.90 bits per heavy atom. The number of benzene rings is 1. The molecule has 2 heterocycles. The molecule has 0 aliphatic rings. The first-order valence-corrected chi connectivity index (χ1v) is 6.97. The van der Waals surface area contributed by atoms with E-state index in [9.17, 15) is 14.3 Å². The predicted octanol–water partition coefficient (Wildman–Crippen LogP) is 2.46. The molecule has 5 nitrogen and oxygen atoms in total. The summed E-state index contributed by atoms with van der Waals surface area (Å²) in [5.41, 5.74) is 1.38. The summed E-state index contributed by atoms with van der Waals surface area (Å²) in [6, 6.07) is 6.28. The van der Waals surface area contributed by atoms with E-state index in [1.807, 2.05) is 0 Å². The quantitative estimate of drug-likeness (QED) is 0.744. The van der Waals surface area contributed by atoms with Gasteiger partial charge in [0, 0.05) is 30.6 Å². The number of pyridine rings is 1. The number of phenols is 1. The maximum atomic E-state index is 14.0. The first-order valence-electron chi connectivity index (χ1n) is 6.18. The third-order valence-corrected chi connectivity index (χ3v) is 4.06. The van der Waals surface area contributed by atoms with E-state index in [1.54, 1.807) is 25.2 Å². The van der Waals surface area contributed by atoms with Crippen LogP contribution in [0.2, 0.25) is 0 Å². The van der Waals surface area contributed by atoms with Crippen LogP contribution in [0.25, 0.3) is 11.0 Å². The number of nitrogens with zero attached hydrogens (tertiary/aromatic N) is 2. The highest BCUT2D eigenvalue weighted by molar-refractivity contribution is 9.10. The molecule has 2 aromatic heterocycles. The molecule has 0 fully saturated rings. The lowest BCUT2D eigenvalue weighted by atomic mass is 10.1. The highest BCUT2D eigenvalue weighted by Gasteiger charge is 2.15. The molecular weight excluding hydrogens is 341 g/mol. The molecule has 0 unspecified atom stereocenters. The molecule has 3 aromatic rings. The van der Waals surface area contributed by atoms with Crippen molar-refractivity contribution in [2.75, 3.05) is 0 Å². The topological polar surface area (TPSA) is 70.9 Å². The van der Waals surface area contributed by atoms with E-state index in [0.717, 1.165) is 5.39 Å². The van der Waals surface area contributed by atoms with E-state index < -0.39 is 11.6 Å². The van der Waals surface area contributed by atoms with Gasteiger partial charge in [-0.2, -0.15) is 5.10 Å². The molecule has 0 atom stereocenters. The third kappa shape index (κ3) is 2.23. The summed E-state index contributed by atoms with van der Waals surface area (Å²) in [5.74, 6) is -1.08. The molecule has 0 spiro atoms. The van der Waals surface area contributed by atoms with Crippen molar-refractivity contribution in [2.45, 2.75) is 6.42 Å². The standard InChI is InChI=1S/C14H11BrFN3O2/c1-19-11(20)5-3-8-10(17-18-14(8)19)6-7-2-4-9(15)13(21)12(7)16/h2-5,21H,6H2,1H3,(H,17,18). The lowest BCUT2D eigenvalue weighted by Gasteiger charge is -2.05. The number of phenolic OH excluding ortho intramolecular Hbond substituents is 1. The summed E-state index contributed by atoms with van der Waals surface area (Å²) < 4.78 is 15.8. The summed E-state index contributed by atoms with van der Waals surface area (Å²) >= 11 is 3.07. The van der Waals surface area contributed by atoms with Gasteiger partial charge >= 0.3 is 0 Å². The van der Waals surface area contributed by atoms with Crippen molar-refractivity contribution in [3.8, 4) is 5.75 Å². The molecule has 0 aliphatic heterocycles. The highest BCUT2D eigenvalue weighted by Crippen LogP contribution is 2.30. The Morgan fingerprint density at radius 2 is 2.14 bits per heavy atom. The summed E-state index contributed by atoms with van der Waals surface area (Å²) in [7, 11) is 1.63. The van der Waals surface area contributed by atoms with Gasteiger partial charge in [-0.15, -0.1) is 0 Å². The first-order chi connectivity index (χ1) is 9.99. The number of hydrogen-bond donors (Lipinski definition) is 2. The van der Waals surface area contributed by atoms with Crippen molar-refractivity contribution in [2.24, 2.45) is 7.05 Å². The average molecular weight is 352 g/mol. The van der Waals surface area contributed by atoms with Gasteiger partial charge in [0.1, 0.15) is 0 Å². The Hall–Kier alpha value is -2.15. The van der Waals surface area contributed by atoms with Crippen molar-refractivity contribution in [3.05, 3.63) is 56.2 Å². The molecule has 2 N–H and O–H groups in total. The minimum absolute atomic E-state index is 0.159. The van der Waals surface area contributed by atoms with Crippen LogP contribution in [-0.4, -0.2) is 19.9 Å². The van der Waals surface area contributed by atoms with Crippen molar-refractivity contribution in [3.63, 3.8) is 0 Å². The summed E-state index contributed by atoms with van der Waals surface area (Å²) in [6.45, 7) is 0. The second-order valence-corrected chi connectivity index (χ2v) is 5.57. The van der Waals surface area contributed by atoms with Crippen molar-refractivity contribution in [1.29, 1.82) is 0 Å². The highest BCUT2D eigenvalue weighted by atomic mass is 79.9. The van der Waals surface area contributed by atoms with Crippen LogP contribution in [0.1, 0.15) is 11.3 Å². The summed E-state index contributed by atoms with van der Waals surface area (Å²) in [4.78, 5) is 11.5. The third-order valence-electron chi connectivity index (χ3n) is 3.42. The fourth-order valence-electron chi connectivity index (χ4n) is 2.22. The number of aromatic hydroxyl groups is 1. The maximum Gasteiger partial charge on any atom is 0.251 e. The SMILES string of the molecule is Cn1c(=O)ccc2c(Cc3ccc(Br)c(O)c3F)[nH]nc21. The molecule has 0 amide bonds. The van der Waals surface area contributed by atoms with Gasteiger partial charge in [-0.1, -0.05) is 6.07 Å². The minimum Gasteiger partial charge on any atom is -0.504 e. The minimum atomic E-state index is -0.669. The smallest absolute Gasteiger partial charge is 0.251 e. The number of hydrogen-bond acceptors (Lipinski definition) is 3. The van der Waals surface area contributed by atoms with Gasteiger partial charge in [-0.05, 0) is 33.6 Å². The molecule has 3 rings (SSSR count). The van der Waals surface area contributed by atoms with Crippen LogP contribution in [-0.2, 0) is 13.5 Å². The fraction of sp³-hybridized carbons (Fsp3) is 0.143. The molecular formula is C14H11BrFN3O2. The number of rotatable bonds is 2. The monoisotopic (exact) mass is 351 g/mol. The van der Waals surface area contributed by atoms with Crippen molar-refractivity contribution < 1.29 is 9.50 Å². The molecule has 1 aromatic carbocycles. The molecule has 0 aliphatic carbocycles. The largest absolute Gasteiger partial charge is 0.504 e. The fourth-order valence-corrected chi connectivity index (χ4v) is 2.53. The second kappa shape index (κ2) is 5.00. The summed E-state index contributed by atoms with van der Waals surface area (Å²) in [6.07, 6.45) is 0.237. The van der Waals surface area contributed by atoms with Crippen LogP contribution in [0.4, 0.5) is 4.39 Å². The number of aromatic nitrogens is 3. The zero-order chi connectivity index (χ0) is 15.1. The Labute approximate surface area is 127 Å². The van der Waals surface area contributed by atoms with Crippen molar-refractivity contribution >= 4 is 27.0 Å². The normalized spacial score (nSPS) is 11.2. The number of aryl methyl sites for hydroxylation is 1. The van der Waals surface area contributed by atoms with E-state index in [-0.39, 0.29) is 12.0 Å². The lowest BCUT2D eigenvalue weighted by Crippen LogP contribution is -2.15. The predicted molar refractivity (Wildman–Crippen MR) is 79.9 cm³/mol. The van der Waals surface area contributed by atoms with E-state index in [2.05, 4.69) is 26.1 Å². The van der Waals surface area contributed by atoms with Crippen molar-refractivity contribution in [1.82, 2.24) is 14.8 Å². The Kier molecular flexibility index (Phi) is 3.29. The molecule has 7 heteroatoms. The van der Waals surface area contributed by atoms with Gasteiger partial charge in [-0.3, -0.25) is 14.5 Å². The second-order valence-electron chi connectivity index (χ2n) is 4.72. The zero-order valence-electron chi connectivity index (χ0n) is 11.0. The molecule has 0 saturated carbocycles. The molecule has 21 heavy (non-hydrogen) atoms. The van der Waals surface area contributed by atoms with Gasteiger partial charge in [0.15, 0.2) is 17.2 Å². The van der Waals surface area contributed by atoms with Crippen LogP contribution in [0, 0.1) is 5.82 Å². The first kappa shape index (κ1) is 13.8. The molecule has 0 bridgehead atoms. The van der Waals surface area contributed by atoms with Crippen LogP contribution >= 0.6 is 15.9 Å². The zero-order valence-corrected chi connectivity index (χ0v) is 12.6. The van der Waals surface area contributed by atoms with Gasteiger partial charge in [0.05, 0.1) is 4.47 Å². The molecule has 108 valence electrons. The number of H-pyrrole nitrogens is 1. The lowest BCUT2D eigenvalue weighted by molar-refractivity contribution is 0.426. The van der Waals surface area contributed by atoms with E-state index in [1.165, 1.54) is 10.6 Å². The number of nitrogens with one attached hydrogen (secondary N) is 1. The Bertz CT molecular complexity index is 901. The van der Waals surface area contributed by atoms with Crippen LogP contribution in [0.5, 0.6) is 5.75 Å². The van der Waals surface area contributed by atoms with E-state index in [0.29, 0.717) is 21.4 Å². The molecule has 0 radical (unpaired) electrons. The van der Waals surface area contributed by atoms with E-state index >= 15 is 0 Å². The van der Waals surface area contributed by atoms with Crippen LogP contribution < -0.4 is 5.56 Å². The average Bonchev–Trinajstić information content (AvgIpc) is 2.87. The van der Waals surface area contributed by atoms with E-state index in [4.69, 9.17) is 0 Å². The number of fused-ring (bicyclic) bond motifs is 1. The molecule has 0 saturated heterocycles. The van der Waals surface area contributed by atoms with Crippen LogP contribution in [0.3, 0.4) is 0 Å². The summed E-state index contributed by atoms with van der Waals surface area (Å²) in [5, 5.41) is 17.3. The Morgan fingerprint density at radius 1 is 1.38 bits per heavy atom. The number of aromatic amines is 1. The Balaban J connectivity index is 2.09. The van der Waals surface area contributed by atoms with Gasteiger partial charge in [0.2, 0.25) is 0 Å². The maximum absolute atomic E-state index is 14.0. The van der Waals surface area contributed by atoms with Gasteiger partial charge < -0.3 is 5.11 Å². The van der Waals surface area contributed by atoms with Crippen LogP contribution in [0.15, 0.2) is 33.5 Å². The van der Waals surface area contributed by atoms with Gasteiger partial charge in [0.25, 0.3) is 5.56 Å². The number of halogens is 2. The van der Waals surface area contributed by atoms with Gasteiger partial charge in [-0.25, -0.2) is 4.39 Å².